The molecule has 29 heavy (non-hydrogen) atoms. The van der Waals surface area contributed by atoms with Gasteiger partial charge in [-0.05, 0) is 42.0 Å². The van der Waals surface area contributed by atoms with Crippen LogP contribution < -0.4 is 10.1 Å². The third-order valence-corrected chi connectivity index (χ3v) is 5.01. The van der Waals surface area contributed by atoms with Crippen LogP contribution in [0, 0.1) is 5.92 Å². The van der Waals surface area contributed by atoms with Gasteiger partial charge in [0.05, 0.1) is 6.61 Å². The third kappa shape index (κ3) is 5.83. The first-order valence-electron chi connectivity index (χ1n) is 10.4. The van der Waals surface area contributed by atoms with Gasteiger partial charge in [-0.1, -0.05) is 56.3 Å². The van der Waals surface area contributed by atoms with Crippen molar-refractivity contribution in [3.8, 4) is 5.75 Å². The van der Waals surface area contributed by atoms with E-state index in [9.17, 15) is 9.59 Å². The van der Waals surface area contributed by atoms with Crippen LogP contribution in [0.25, 0.3) is 0 Å². The highest BCUT2D eigenvalue weighted by molar-refractivity contribution is 5.89. The highest BCUT2D eigenvalue weighted by atomic mass is 16.5. The Bertz CT molecular complexity index is 803. The number of rotatable bonds is 8. The molecule has 2 aromatic carbocycles. The van der Waals surface area contributed by atoms with Crippen molar-refractivity contribution in [1.29, 1.82) is 0 Å². The fourth-order valence-corrected chi connectivity index (χ4v) is 3.46. The molecule has 0 radical (unpaired) electrons. The zero-order valence-electron chi connectivity index (χ0n) is 17.3. The molecule has 0 aromatic heterocycles. The molecule has 0 bridgehead atoms. The number of amides is 2. The zero-order chi connectivity index (χ0) is 20.6. The number of carbonyl (C=O) groups is 2. The molecule has 1 unspecified atom stereocenters. The van der Waals surface area contributed by atoms with Crippen molar-refractivity contribution in [2.75, 3.05) is 13.2 Å². The summed E-state index contributed by atoms with van der Waals surface area (Å²) in [4.78, 5) is 27.3. The average Bonchev–Trinajstić information content (AvgIpc) is 2.74. The number of nitrogens with zero attached hydrogens (tertiary/aromatic N) is 1. The quantitative estimate of drug-likeness (QED) is 0.734. The van der Waals surface area contributed by atoms with Gasteiger partial charge in [0.1, 0.15) is 11.8 Å². The van der Waals surface area contributed by atoms with Crippen LogP contribution in [-0.2, 0) is 16.1 Å². The molecule has 2 aromatic rings. The van der Waals surface area contributed by atoms with E-state index in [1.165, 1.54) is 0 Å². The second kappa shape index (κ2) is 10.1. The van der Waals surface area contributed by atoms with E-state index >= 15 is 0 Å². The number of ether oxygens (including phenoxy) is 1. The lowest BCUT2D eigenvalue weighted by Gasteiger charge is -2.34. The second-order valence-corrected chi connectivity index (χ2v) is 7.92. The van der Waals surface area contributed by atoms with Crippen LogP contribution in [0.15, 0.2) is 54.6 Å². The minimum absolute atomic E-state index is 0.0481. The molecule has 1 fully saturated rings. The largest absolute Gasteiger partial charge is 0.493 e. The predicted octanol–water partition coefficient (Wildman–Crippen LogP) is 4.09. The van der Waals surface area contributed by atoms with Crippen molar-refractivity contribution in [3.05, 3.63) is 65.7 Å². The number of benzene rings is 2. The van der Waals surface area contributed by atoms with Crippen molar-refractivity contribution in [1.82, 2.24) is 10.2 Å². The van der Waals surface area contributed by atoms with E-state index in [4.69, 9.17) is 4.74 Å². The number of likely N-dealkylation sites (tertiary alicyclic amines) is 1. The molecule has 3 rings (SSSR count). The maximum absolute atomic E-state index is 13.1. The monoisotopic (exact) mass is 394 g/mol. The molecule has 1 aliphatic heterocycles. The van der Waals surface area contributed by atoms with Gasteiger partial charge in [-0.2, -0.15) is 0 Å². The van der Waals surface area contributed by atoms with Gasteiger partial charge in [0.15, 0.2) is 0 Å². The lowest BCUT2D eigenvalue weighted by Crippen LogP contribution is -2.45. The molecule has 5 heteroatoms. The van der Waals surface area contributed by atoms with Crippen LogP contribution in [0.5, 0.6) is 5.75 Å². The molecule has 5 nitrogen and oxygen atoms in total. The van der Waals surface area contributed by atoms with E-state index in [-0.39, 0.29) is 11.8 Å². The molecular formula is C24H30N2O3. The van der Waals surface area contributed by atoms with Crippen molar-refractivity contribution in [3.63, 3.8) is 0 Å². The lowest BCUT2D eigenvalue weighted by atomic mass is 10.0. The molecular weight excluding hydrogens is 364 g/mol. The summed E-state index contributed by atoms with van der Waals surface area (Å²) < 4.78 is 5.70. The summed E-state index contributed by atoms with van der Waals surface area (Å²) in [7, 11) is 0. The standard InChI is InChI=1S/C24H30N2O3/c1-18(2)17-29-21-13-11-19(12-14-21)16-25-24(28)23(20-8-4-3-5-9-20)26-15-7-6-10-22(26)27/h3-5,8-9,11-14,18,23H,6-7,10,15-17H2,1-2H3,(H,25,28). The van der Waals surface area contributed by atoms with Gasteiger partial charge in [-0.15, -0.1) is 0 Å². The Hall–Kier alpha value is -2.82. The molecule has 0 spiro atoms. The summed E-state index contributed by atoms with van der Waals surface area (Å²) in [6, 6.07) is 16.7. The van der Waals surface area contributed by atoms with Crippen molar-refractivity contribution < 1.29 is 14.3 Å². The lowest BCUT2D eigenvalue weighted by molar-refractivity contribution is -0.142. The Balaban J connectivity index is 1.66. The van der Waals surface area contributed by atoms with E-state index in [0.29, 0.717) is 32.0 Å². The Morgan fingerprint density at radius 3 is 2.45 bits per heavy atom. The summed E-state index contributed by atoms with van der Waals surface area (Å²) in [5.74, 6) is 1.20. The van der Waals surface area contributed by atoms with Crippen LogP contribution >= 0.6 is 0 Å². The van der Waals surface area contributed by atoms with Crippen molar-refractivity contribution in [2.45, 2.75) is 45.7 Å². The molecule has 0 aliphatic carbocycles. The SMILES string of the molecule is CC(C)COc1ccc(CNC(=O)C(c2ccccc2)N2CCCCC2=O)cc1. The first-order chi connectivity index (χ1) is 14.0. The molecule has 0 saturated carbocycles. The highest BCUT2D eigenvalue weighted by Crippen LogP contribution is 2.26. The zero-order valence-corrected chi connectivity index (χ0v) is 17.3. The summed E-state index contributed by atoms with van der Waals surface area (Å²) in [6.45, 7) is 5.93. The van der Waals surface area contributed by atoms with Gasteiger partial charge in [0.2, 0.25) is 11.8 Å². The summed E-state index contributed by atoms with van der Waals surface area (Å²) in [5, 5.41) is 3.01. The molecule has 1 aliphatic rings. The molecule has 2 amide bonds. The number of hydrogen-bond donors (Lipinski definition) is 1. The Morgan fingerprint density at radius 2 is 1.79 bits per heavy atom. The van der Waals surface area contributed by atoms with Gasteiger partial charge in [0.25, 0.3) is 0 Å². The smallest absolute Gasteiger partial charge is 0.247 e. The van der Waals surface area contributed by atoms with E-state index < -0.39 is 6.04 Å². The predicted molar refractivity (Wildman–Crippen MR) is 113 cm³/mol. The van der Waals surface area contributed by atoms with Gasteiger partial charge in [-0.3, -0.25) is 9.59 Å². The molecule has 1 atom stereocenters. The molecule has 1 heterocycles. The Morgan fingerprint density at radius 1 is 1.07 bits per heavy atom. The maximum Gasteiger partial charge on any atom is 0.247 e. The average molecular weight is 395 g/mol. The Labute approximate surface area is 173 Å². The van der Waals surface area contributed by atoms with Gasteiger partial charge >= 0.3 is 0 Å². The number of nitrogens with one attached hydrogen (secondary N) is 1. The number of hydrogen-bond acceptors (Lipinski definition) is 3. The van der Waals surface area contributed by atoms with E-state index in [1.54, 1.807) is 4.90 Å². The minimum atomic E-state index is -0.586. The van der Waals surface area contributed by atoms with Gasteiger partial charge in [0, 0.05) is 19.5 Å². The van der Waals surface area contributed by atoms with E-state index in [1.807, 2.05) is 54.6 Å². The minimum Gasteiger partial charge on any atom is -0.493 e. The second-order valence-electron chi connectivity index (χ2n) is 7.92. The summed E-state index contributed by atoms with van der Waals surface area (Å²) >= 11 is 0. The first kappa shape index (κ1) is 20.9. The van der Waals surface area contributed by atoms with Crippen molar-refractivity contribution in [2.24, 2.45) is 5.92 Å². The number of carbonyl (C=O) groups excluding carboxylic acids is 2. The van der Waals surface area contributed by atoms with Crippen LogP contribution in [0.2, 0.25) is 0 Å². The molecule has 154 valence electrons. The van der Waals surface area contributed by atoms with Crippen molar-refractivity contribution >= 4 is 11.8 Å². The maximum atomic E-state index is 13.1. The normalized spacial score (nSPS) is 15.3. The van der Waals surface area contributed by atoms with Crippen LogP contribution in [-0.4, -0.2) is 29.9 Å². The van der Waals surface area contributed by atoms with E-state index in [0.717, 1.165) is 29.7 Å². The number of piperidine rings is 1. The molecule has 1 N–H and O–H groups in total. The summed E-state index contributed by atoms with van der Waals surface area (Å²) in [6.07, 6.45) is 2.33. The topological polar surface area (TPSA) is 58.6 Å². The fourth-order valence-electron chi connectivity index (χ4n) is 3.46. The molecule has 1 saturated heterocycles. The van der Waals surface area contributed by atoms with Gasteiger partial charge < -0.3 is 15.0 Å². The van der Waals surface area contributed by atoms with Crippen LogP contribution in [0.1, 0.15) is 50.3 Å². The Kier molecular flexibility index (Phi) is 7.28. The highest BCUT2D eigenvalue weighted by Gasteiger charge is 2.32. The van der Waals surface area contributed by atoms with Crippen LogP contribution in [0.3, 0.4) is 0 Å². The van der Waals surface area contributed by atoms with Crippen LogP contribution in [0.4, 0.5) is 0 Å². The third-order valence-electron chi connectivity index (χ3n) is 5.01. The van der Waals surface area contributed by atoms with E-state index in [2.05, 4.69) is 19.2 Å². The first-order valence-corrected chi connectivity index (χ1v) is 10.4. The fraction of sp³-hybridized carbons (Fsp3) is 0.417. The van der Waals surface area contributed by atoms with Gasteiger partial charge in [-0.25, -0.2) is 0 Å². The summed E-state index contributed by atoms with van der Waals surface area (Å²) in [5.41, 5.74) is 1.84.